The standard InChI is InChI=1S/C23H22Cl2N2O2/c1-2-29-23(28)21-18(13-15-7-3-4-8-19(15)25)17-14-16(24)9-10-20(17)26-22(21)27-11-5-6-12-27/h3-4,7-10,14H,2,5-6,11-13H2,1H3. The molecule has 0 N–H and O–H groups in total. The fourth-order valence-electron chi connectivity index (χ4n) is 3.88. The quantitative estimate of drug-likeness (QED) is 0.473. The number of fused-ring (bicyclic) bond motifs is 1. The molecule has 1 aromatic heterocycles. The van der Waals surface area contributed by atoms with Crippen molar-refractivity contribution in [3.8, 4) is 0 Å². The van der Waals surface area contributed by atoms with E-state index in [1.165, 1.54) is 0 Å². The summed E-state index contributed by atoms with van der Waals surface area (Å²) in [6, 6.07) is 13.3. The normalized spacial score (nSPS) is 13.8. The van der Waals surface area contributed by atoms with Crippen molar-refractivity contribution in [3.05, 3.63) is 69.2 Å². The number of ether oxygens (including phenoxy) is 1. The Morgan fingerprint density at radius 2 is 1.90 bits per heavy atom. The maximum absolute atomic E-state index is 13.1. The Kier molecular flexibility index (Phi) is 5.93. The van der Waals surface area contributed by atoms with Crippen molar-refractivity contribution in [1.82, 2.24) is 4.98 Å². The Bertz CT molecular complexity index is 1060. The summed E-state index contributed by atoms with van der Waals surface area (Å²) in [7, 11) is 0. The van der Waals surface area contributed by atoms with Gasteiger partial charge in [0.1, 0.15) is 11.4 Å². The molecule has 3 aromatic rings. The molecule has 0 saturated carbocycles. The lowest BCUT2D eigenvalue weighted by atomic mass is 9.95. The van der Waals surface area contributed by atoms with Crippen LogP contribution in [0.2, 0.25) is 10.0 Å². The molecule has 150 valence electrons. The number of nitrogens with zero attached hydrogens (tertiary/aromatic N) is 2. The molecule has 1 aliphatic heterocycles. The van der Waals surface area contributed by atoms with Crippen LogP contribution in [0, 0.1) is 0 Å². The van der Waals surface area contributed by atoms with E-state index in [1.807, 2.05) is 49.4 Å². The molecule has 4 rings (SSSR count). The van der Waals surface area contributed by atoms with Crippen LogP contribution in [0.5, 0.6) is 0 Å². The third kappa shape index (κ3) is 4.05. The second-order valence-corrected chi connectivity index (χ2v) is 7.98. The highest BCUT2D eigenvalue weighted by molar-refractivity contribution is 6.32. The Balaban J connectivity index is 1.99. The van der Waals surface area contributed by atoms with Crippen LogP contribution < -0.4 is 4.90 Å². The molecule has 0 unspecified atom stereocenters. The summed E-state index contributed by atoms with van der Waals surface area (Å²) in [5, 5.41) is 2.11. The first-order chi connectivity index (χ1) is 14.1. The SMILES string of the molecule is CCOC(=O)c1c(N2CCCC2)nc2ccc(Cl)cc2c1Cc1ccccc1Cl. The average molecular weight is 429 g/mol. The number of hydrogen-bond acceptors (Lipinski definition) is 4. The second kappa shape index (κ2) is 8.60. The maximum Gasteiger partial charge on any atom is 0.342 e. The zero-order valence-corrected chi connectivity index (χ0v) is 17.8. The van der Waals surface area contributed by atoms with Crippen molar-refractivity contribution in [2.75, 3.05) is 24.6 Å². The van der Waals surface area contributed by atoms with Gasteiger partial charge in [0.2, 0.25) is 0 Å². The van der Waals surface area contributed by atoms with E-state index in [0.29, 0.717) is 34.5 Å². The number of aromatic nitrogens is 1. The van der Waals surface area contributed by atoms with Crippen LogP contribution in [-0.4, -0.2) is 30.6 Å². The van der Waals surface area contributed by atoms with E-state index >= 15 is 0 Å². The van der Waals surface area contributed by atoms with Gasteiger partial charge in [-0.15, -0.1) is 0 Å². The van der Waals surface area contributed by atoms with Crippen LogP contribution in [0.1, 0.15) is 41.3 Å². The van der Waals surface area contributed by atoms with E-state index in [-0.39, 0.29) is 5.97 Å². The van der Waals surface area contributed by atoms with E-state index < -0.39 is 0 Å². The van der Waals surface area contributed by atoms with Crippen molar-refractivity contribution in [2.24, 2.45) is 0 Å². The average Bonchev–Trinajstić information content (AvgIpc) is 3.24. The molecule has 1 aliphatic rings. The summed E-state index contributed by atoms with van der Waals surface area (Å²) in [6.07, 6.45) is 2.67. The molecular formula is C23H22Cl2N2O2. The number of esters is 1. The largest absolute Gasteiger partial charge is 0.462 e. The molecule has 6 heteroatoms. The van der Waals surface area contributed by atoms with Gasteiger partial charge in [-0.1, -0.05) is 41.4 Å². The van der Waals surface area contributed by atoms with Gasteiger partial charge in [-0.05, 0) is 55.2 Å². The van der Waals surface area contributed by atoms with Crippen molar-refractivity contribution >= 4 is 45.9 Å². The molecule has 1 fully saturated rings. The summed E-state index contributed by atoms with van der Waals surface area (Å²) in [4.78, 5) is 20.1. The third-order valence-electron chi connectivity index (χ3n) is 5.25. The maximum atomic E-state index is 13.1. The van der Waals surface area contributed by atoms with Crippen molar-refractivity contribution in [2.45, 2.75) is 26.2 Å². The van der Waals surface area contributed by atoms with Crippen LogP contribution in [0.4, 0.5) is 5.82 Å². The molecule has 0 aliphatic carbocycles. The lowest BCUT2D eigenvalue weighted by Crippen LogP contribution is -2.24. The van der Waals surface area contributed by atoms with Crippen LogP contribution in [0.25, 0.3) is 10.9 Å². The second-order valence-electron chi connectivity index (χ2n) is 7.13. The molecule has 2 heterocycles. The van der Waals surface area contributed by atoms with E-state index in [0.717, 1.165) is 48.0 Å². The number of carbonyl (C=O) groups is 1. The fourth-order valence-corrected chi connectivity index (χ4v) is 4.25. The molecule has 0 spiro atoms. The third-order valence-corrected chi connectivity index (χ3v) is 5.85. The summed E-state index contributed by atoms with van der Waals surface area (Å²) in [5.74, 6) is 0.337. The minimum absolute atomic E-state index is 0.303. The predicted molar refractivity (Wildman–Crippen MR) is 118 cm³/mol. The lowest BCUT2D eigenvalue weighted by Gasteiger charge is -2.23. The smallest absolute Gasteiger partial charge is 0.342 e. The molecule has 2 aromatic carbocycles. The molecule has 4 nitrogen and oxygen atoms in total. The van der Waals surface area contributed by atoms with Gasteiger partial charge in [0, 0.05) is 34.9 Å². The van der Waals surface area contributed by atoms with Gasteiger partial charge < -0.3 is 9.64 Å². The number of anilines is 1. The van der Waals surface area contributed by atoms with E-state index in [9.17, 15) is 4.79 Å². The predicted octanol–water partition coefficient (Wildman–Crippen LogP) is 5.91. The monoisotopic (exact) mass is 428 g/mol. The van der Waals surface area contributed by atoms with Gasteiger partial charge in [-0.2, -0.15) is 0 Å². The molecule has 0 bridgehead atoms. The Hall–Kier alpha value is -2.30. The number of carbonyl (C=O) groups excluding carboxylic acids is 1. The highest BCUT2D eigenvalue weighted by Gasteiger charge is 2.27. The summed E-state index contributed by atoms with van der Waals surface area (Å²) in [6.45, 7) is 3.87. The van der Waals surface area contributed by atoms with Crippen molar-refractivity contribution in [3.63, 3.8) is 0 Å². The van der Waals surface area contributed by atoms with Gasteiger partial charge in [0.05, 0.1) is 12.1 Å². The summed E-state index contributed by atoms with van der Waals surface area (Å²) in [5.41, 5.74) is 3.13. The molecule has 0 amide bonds. The summed E-state index contributed by atoms with van der Waals surface area (Å²) < 4.78 is 5.44. The van der Waals surface area contributed by atoms with Crippen LogP contribution in [-0.2, 0) is 11.2 Å². The lowest BCUT2D eigenvalue weighted by molar-refractivity contribution is 0.0526. The molecular weight excluding hydrogens is 407 g/mol. The van der Waals surface area contributed by atoms with E-state index in [2.05, 4.69) is 4.90 Å². The minimum Gasteiger partial charge on any atom is -0.462 e. The van der Waals surface area contributed by atoms with Crippen LogP contribution in [0.3, 0.4) is 0 Å². The highest BCUT2D eigenvalue weighted by Crippen LogP contribution is 2.35. The first kappa shape index (κ1) is 20.0. The zero-order valence-electron chi connectivity index (χ0n) is 16.3. The Morgan fingerprint density at radius 3 is 2.62 bits per heavy atom. The highest BCUT2D eigenvalue weighted by atomic mass is 35.5. The van der Waals surface area contributed by atoms with Gasteiger partial charge in [0.15, 0.2) is 0 Å². The van der Waals surface area contributed by atoms with Crippen molar-refractivity contribution < 1.29 is 9.53 Å². The van der Waals surface area contributed by atoms with Gasteiger partial charge in [-0.3, -0.25) is 0 Å². The van der Waals surface area contributed by atoms with E-state index in [1.54, 1.807) is 0 Å². The fraction of sp³-hybridized carbons (Fsp3) is 0.304. The van der Waals surface area contributed by atoms with Crippen molar-refractivity contribution in [1.29, 1.82) is 0 Å². The molecule has 29 heavy (non-hydrogen) atoms. The first-order valence-corrected chi connectivity index (χ1v) is 10.6. The first-order valence-electron chi connectivity index (χ1n) is 9.86. The number of pyridine rings is 1. The Morgan fingerprint density at radius 1 is 1.14 bits per heavy atom. The molecule has 0 atom stereocenters. The van der Waals surface area contributed by atoms with E-state index in [4.69, 9.17) is 32.9 Å². The zero-order chi connectivity index (χ0) is 20.4. The molecule has 0 radical (unpaired) electrons. The van der Waals surface area contributed by atoms with Gasteiger partial charge in [0.25, 0.3) is 0 Å². The number of benzene rings is 2. The van der Waals surface area contributed by atoms with Crippen LogP contribution >= 0.6 is 23.2 Å². The summed E-state index contributed by atoms with van der Waals surface area (Å²) >= 11 is 12.8. The number of halogens is 2. The number of hydrogen-bond donors (Lipinski definition) is 0. The van der Waals surface area contributed by atoms with Gasteiger partial charge >= 0.3 is 5.97 Å². The van der Waals surface area contributed by atoms with Crippen LogP contribution in [0.15, 0.2) is 42.5 Å². The Labute approximate surface area is 180 Å². The van der Waals surface area contributed by atoms with Gasteiger partial charge in [-0.25, -0.2) is 9.78 Å². The topological polar surface area (TPSA) is 42.4 Å². The molecule has 1 saturated heterocycles. The number of rotatable bonds is 5. The minimum atomic E-state index is -0.356.